The zero-order valence-corrected chi connectivity index (χ0v) is 30.6. The Balaban J connectivity index is 1.05. The molecule has 2 heterocycles. The van der Waals surface area contributed by atoms with Crippen LogP contribution < -0.4 is 4.90 Å². The lowest BCUT2D eigenvalue weighted by Gasteiger charge is -2.26. The maximum Gasteiger partial charge on any atom is 0.234 e. The average Bonchev–Trinajstić information content (AvgIpc) is 3.61. The molecule has 8 aromatic carbocycles. The lowest BCUT2D eigenvalue weighted by atomic mass is 10.0. The number of rotatable bonds is 8. The average molecular weight is 717 g/mol. The molecule has 0 saturated heterocycles. The molecule has 0 saturated carbocycles. The summed E-state index contributed by atoms with van der Waals surface area (Å²) >= 11 is 0. The fourth-order valence-electron chi connectivity index (χ4n) is 7.75. The zero-order valence-electron chi connectivity index (χ0n) is 30.6. The van der Waals surface area contributed by atoms with E-state index in [2.05, 4.69) is 220 Å². The van der Waals surface area contributed by atoms with Crippen molar-refractivity contribution in [1.29, 1.82) is 0 Å². The van der Waals surface area contributed by atoms with Crippen LogP contribution in [-0.4, -0.2) is 14.5 Å². The molecule has 4 nitrogen and oxygen atoms in total. The van der Waals surface area contributed by atoms with Gasteiger partial charge in [0.2, 0.25) is 5.95 Å². The second-order valence-electron chi connectivity index (χ2n) is 13.9. The maximum absolute atomic E-state index is 4.68. The molecule has 0 aliphatic rings. The summed E-state index contributed by atoms with van der Waals surface area (Å²) in [5.74, 6) is 0.652. The zero-order chi connectivity index (χ0) is 37.3. The molecule has 0 N–H and O–H groups in total. The number of fused-ring (bicyclic) bond motifs is 3. The van der Waals surface area contributed by atoms with Crippen LogP contribution in [0.4, 0.5) is 17.1 Å². The van der Waals surface area contributed by atoms with E-state index in [-0.39, 0.29) is 0 Å². The van der Waals surface area contributed by atoms with E-state index in [1.807, 2.05) is 6.07 Å². The van der Waals surface area contributed by atoms with Crippen molar-refractivity contribution in [3.05, 3.63) is 219 Å². The Labute approximate surface area is 326 Å². The first-order valence-corrected chi connectivity index (χ1v) is 18.9. The molecule has 0 radical (unpaired) electrons. The second kappa shape index (κ2) is 14.3. The van der Waals surface area contributed by atoms with Crippen LogP contribution in [0.1, 0.15) is 0 Å². The van der Waals surface area contributed by atoms with E-state index in [0.29, 0.717) is 5.95 Å². The second-order valence-corrected chi connectivity index (χ2v) is 13.9. The summed E-state index contributed by atoms with van der Waals surface area (Å²) in [6.07, 6.45) is 3.61. The van der Waals surface area contributed by atoms with Crippen LogP contribution in [0.3, 0.4) is 0 Å². The number of hydrogen-bond acceptors (Lipinski definition) is 3. The third-order valence-corrected chi connectivity index (χ3v) is 10.5. The van der Waals surface area contributed by atoms with Crippen LogP contribution in [-0.2, 0) is 0 Å². The Morgan fingerprint density at radius 3 is 1.20 bits per heavy atom. The minimum Gasteiger partial charge on any atom is -0.311 e. The summed E-state index contributed by atoms with van der Waals surface area (Å²) in [6, 6.07) is 73.4. The highest BCUT2D eigenvalue weighted by atomic mass is 15.2. The molecule has 0 unspecified atom stereocenters. The van der Waals surface area contributed by atoms with Crippen molar-refractivity contribution in [2.45, 2.75) is 0 Å². The summed E-state index contributed by atoms with van der Waals surface area (Å²) in [7, 11) is 0. The number of anilines is 3. The molecule has 2 aromatic heterocycles. The highest BCUT2D eigenvalue weighted by Crippen LogP contribution is 2.40. The molecule has 0 bridgehead atoms. The SMILES string of the molecule is c1ccc(-c2ccc(N(c3ccc(-c4ccccc4)cc3)c3ccc(-c4ccc5c6cc(-c7ccccc7)ccc6n(-c6ncccn6)c5c4)cc3)cc2)cc1. The van der Waals surface area contributed by atoms with Gasteiger partial charge in [0, 0.05) is 40.2 Å². The van der Waals surface area contributed by atoms with Gasteiger partial charge in [-0.3, -0.25) is 4.57 Å². The Kier molecular flexibility index (Phi) is 8.47. The summed E-state index contributed by atoms with van der Waals surface area (Å²) in [4.78, 5) is 11.7. The predicted molar refractivity (Wildman–Crippen MR) is 233 cm³/mol. The van der Waals surface area contributed by atoms with Crippen molar-refractivity contribution in [3.8, 4) is 50.5 Å². The fourth-order valence-corrected chi connectivity index (χ4v) is 7.75. The highest BCUT2D eigenvalue weighted by Gasteiger charge is 2.17. The Morgan fingerprint density at radius 2 is 0.696 bits per heavy atom. The molecule has 0 aliphatic heterocycles. The van der Waals surface area contributed by atoms with Gasteiger partial charge in [-0.1, -0.05) is 146 Å². The van der Waals surface area contributed by atoms with Crippen molar-refractivity contribution in [3.63, 3.8) is 0 Å². The molecule has 0 fully saturated rings. The first-order chi connectivity index (χ1) is 27.8. The smallest absolute Gasteiger partial charge is 0.234 e. The molecule has 0 amide bonds. The third-order valence-electron chi connectivity index (χ3n) is 10.5. The van der Waals surface area contributed by atoms with Crippen molar-refractivity contribution in [2.75, 3.05) is 4.90 Å². The van der Waals surface area contributed by atoms with E-state index in [9.17, 15) is 0 Å². The first-order valence-electron chi connectivity index (χ1n) is 18.9. The van der Waals surface area contributed by atoms with E-state index < -0.39 is 0 Å². The van der Waals surface area contributed by atoms with E-state index in [4.69, 9.17) is 0 Å². The van der Waals surface area contributed by atoms with Gasteiger partial charge < -0.3 is 4.90 Å². The van der Waals surface area contributed by atoms with Crippen LogP contribution in [0.5, 0.6) is 0 Å². The monoisotopic (exact) mass is 716 g/mol. The van der Waals surface area contributed by atoms with Gasteiger partial charge in [0.25, 0.3) is 0 Å². The topological polar surface area (TPSA) is 34.0 Å². The minimum absolute atomic E-state index is 0.652. The highest BCUT2D eigenvalue weighted by molar-refractivity contribution is 6.11. The van der Waals surface area contributed by atoms with Gasteiger partial charge in [-0.05, 0) is 105 Å². The van der Waals surface area contributed by atoms with Gasteiger partial charge in [-0.2, -0.15) is 0 Å². The fraction of sp³-hybridized carbons (Fsp3) is 0. The van der Waals surface area contributed by atoms with E-state index in [1.54, 1.807) is 12.4 Å². The van der Waals surface area contributed by atoms with Crippen molar-refractivity contribution in [1.82, 2.24) is 14.5 Å². The van der Waals surface area contributed by atoms with Crippen molar-refractivity contribution >= 4 is 38.9 Å². The van der Waals surface area contributed by atoms with Crippen LogP contribution in [0.25, 0.3) is 72.3 Å². The van der Waals surface area contributed by atoms with Crippen LogP contribution in [0.2, 0.25) is 0 Å². The first kappa shape index (κ1) is 33.0. The number of aromatic nitrogens is 3. The molecule has 0 spiro atoms. The van der Waals surface area contributed by atoms with Crippen LogP contribution in [0.15, 0.2) is 219 Å². The Hall–Kier alpha value is -7.56. The van der Waals surface area contributed by atoms with E-state index in [1.165, 1.54) is 38.8 Å². The normalized spacial score (nSPS) is 11.2. The Bertz CT molecular complexity index is 2820. The van der Waals surface area contributed by atoms with Crippen LogP contribution in [0, 0.1) is 0 Å². The Morgan fingerprint density at radius 1 is 0.304 bits per heavy atom. The standard InChI is InChI=1S/C52H36N4/c1-4-11-37(12-5-1)40-17-25-45(26-18-40)55(46-27-19-41(20-28-46)38-13-6-2-7-14-38)47-29-21-42(22-30-47)44-23-31-48-49-35-43(39-15-8-3-9-16-39)24-32-50(49)56(51(48)36-44)52-53-33-10-34-54-52/h1-36H. The van der Waals surface area contributed by atoms with Gasteiger partial charge in [0.15, 0.2) is 0 Å². The molecular weight excluding hydrogens is 681 g/mol. The maximum atomic E-state index is 4.68. The summed E-state index contributed by atoms with van der Waals surface area (Å²) in [6.45, 7) is 0. The number of benzene rings is 8. The molecule has 4 heteroatoms. The predicted octanol–water partition coefficient (Wildman–Crippen LogP) is 13.7. The van der Waals surface area contributed by atoms with E-state index in [0.717, 1.165) is 44.6 Å². The molecule has 10 rings (SSSR count). The molecule has 264 valence electrons. The van der Waals surface area contributed by atoms with Gasteiger partial charge in [-0.15, -0.1) is 0 Å². The van der Waals surface area contributed by atoms with Crippen molar-refractivity contribution < 1.29 is 0 Å². The van der Waals surface area contributed by atoms with Crippen LogP contribution >= 0.6 is 0 Å². The molecular formula is C52H36N4. The van der Waals surface area contributed by atoms with Crippen molar-refractivity contribution in [2.24, 2.45) is 0 Å². The third kappa shape index (κ3) is 6.19. The van der Waals surface area contributed by atoms with Gasteiger partial charge in [-0.25, -0.2) is 9.97 Å². The summed E-state index contributed by atoms with van der Waals surface area (Å²) in [5.41, 5.74) is 14.8. The molecule has 56 heavy (non-hydrogen) atoms. The quantitative estimate of drug-likeness (QED) is 0.157. The largest absolute Gasteiger partial charge is 0.311 e. The summed E-state index contributed by atoms with van der Waals surface area (Å²) in [5, 5.41) is 2.33. The van der Waals surface area contributed by atoms with Gasteiger partial charge >= 0.3 is 0 Å². The van der Waals surface area contributed by atoms with E-state index >= 15 is 0 Å². The molecule has 0 aliphatic carbocycles. The number of nitrogens with zero attached hydrogens (tertiary/aromatic N) is 4. The molecule has 10 aromatic rings. The number of hydrogen-bond donors (Lipinski definition) is 0. The lowest BCUT2D eigenvalue weighted by Crippen LogP contribution is -2.09. The lowest BCUT2D eigenvalue weighted by molar-refractivity contribution is 0.988. The summed E-state index contributed by atoms with van der Waals surface area (Å²) < 4.78 is 2.18. The van der Waals surface area contributed by atoms with Gasteiger partial charge in [0.05, 0.1) is 11.0 Å². The minimum atomic E-state index is 0.652. The van der Waals surface area contributed by atoms with Gasteiger partial charge in [0.1, 0.15) is 0 Å². The molecule has 0 atom stereocenters.